The molecule has 7 nitrogen and oxygen atoms in total. The van der Waals surface area contributed by atoms with Gasteiger partial charge in [0.2, 0.25) is 5.88 Å². The average molecular weight is 333 g/mol. The lowest BCUT2D eigenvalue weighted by Gasteiger charge is -2.10. The first-order chi connectivity index (χ1) is 12.2. The van der Waals surface area contributed by atoms with Gasteiger partial charge in [-0.25, -0.2) is 4.98 Å². The Morgan fingerprint density at radius 2 is 1.80 bits per heavy atom. The molecule has 124 valence electrons. The van der Waals surface area contributed by atoms with E-state index in [4.69, 9.17) is 14.7 Å². The molecule has 1 aromatic carbocycles. The van der Waals surface area contributed by atoms with E-state index in [1.54, 1.807) is 30.7 Å². The number of aromatic nitrogens is 3. The first-order valence-electron chi connectivity index (χ1n) is 7.41. The molecule has 0 amide bonds. The van der Waals surface area contributed by atoms with Crippen LogP contribution in [-0.2, 0) is 0 Å². The molecule has 0 aliphatic rings. The minimum atomic E-state index is 0.237. The van der Waals surface area contributed by atoms with E-state index in [0.717, 1.165) is 16.9 Å². The monoisotopic (exact) mass is 333 g/mol. The van der Waals surface area contributed by atoms with Crippen molar-refractivity contribution in [3.8, 4) is 29.1 Å². The zero-order chi connectivity index (χ0) is 17.6. The van der Waals surface area contributed by atoms with Gasteiger partial charge in [-0.3, -0.25) is 4.98 Å². The quantitative estimate of drug-likeness (QED) is 0.766. The summed E-state index contributed by atoms with van der Waals surface area (Å²) in [5, 5.41) is 12.1. The topological polar surface area (TPSA) is 93.0 Å². The molecule has 0 aliphatic carbocycles. The Balaban J connectivity index is 1.90. The molecular weight excluding hydrogens is 318 g/mol. The Kier molecular flexibility index (Phi) is 4.72. The van der Waals surface area contributed by atoms with E-state index in [-0.39, 0.29) is 6.01 Å². The molecule has 0 radical (unpaired) electrons. The Morgan fingerprint density at radius 1 is 1.00 bits per heavy atom. The highest BCUT2D eigenvalue weighted by atomic mass is 16.5. The van der Waals surface area contributed by atoms with Crippen molar-refractivity contribution in [2.45, 2.75) is 0 Å². The first-order valence-corrected chi connectivity index (χ1v) is 7.41. The van der Waals surface area contributed by atoms with Gasteiger partial charge in [-0.2, -0.15) is 10.2 Å². The second kappa shape index (κ2) is 7.27. The van der Waals surface area contributed by atoms with E-state index in [2.05, 4.69) is 26.3 Å². The van der Waals surface area contributed by atoms with E-state index in [9.17, 15) is 0 Å². The van der Waals surface area contributed by atoms with Crippen molar-refractivity contribution in [2.24, 2.45) is 0 Å². The molecule has 0 aliphatic heterocycles. The van der Waals surface area contributed by atoms with Gasteiger partial charge in [-0.05, 0) is 30.3 Å². The van der Waals surface area contributed by atoms with E-state index < -0.39 is 0 Å². The minimum Gasteiger partial charge on any atom is -0.480 e. The molecule has 0 unspecified atom stereocenters. The number of nitrogens with one attached hydrogen (secondary N) is 1. The van der Waals surface area contributed by atoms with Crippen LogP contribution in [0.1, 0.15) is 5.56 Å². The highest BCUT2D eigenvalue weighted by Crippen LogP contribution is 2.30. The molecule has 0 atom stereocenters. The van der Waals surface area contributed by atoms with Crippen molar-refractivity contribution in [1.82, 2.24) is 15.0 Å². The average Bonchev–Trinajstić information content (AvgIpc) is 2.68. The summed E-state index contributed by atoms with van der Waals surface area (Å²) in [6.45, 7) is 0. The van der Waals surface area contributed by atoms with Crippen molar-refractivity contribution < 1.29 is 9.47 Å². The molecule has 0 bridgehead atoms. The van der Waals surface area contributed by atoms with Crippen LogP contribution in [0.4, 0.5) is 11.4 Å². The number of ether oxygens (including phenoxy) is 2. The van der Waals surface area contributed by atoms with Gasteiger partial charge in [0, 0.05) is 23.6 Å². The van der Waals surface area contributed by atoms with E-state index in [1.807, 2.05) is 18.2 Å². The second-order valence-electron chi connectivity index (χ2n) is 5.06. The van der Waals surface area contributed by atoms with Gasteiger partial charge in [0.15, 0.2) is 0 Å². The second-order valence-corrected chi connectivity index (χ2v) is 5.06. The number of nitrogens with zero attached hydrogens (tertiary/aromatic N) is 4. The standard InChI is InChI=1S/C18H15N5O2/c1-24-17-16(11-21-18(23-17)25-2)13-7-15(10-20-9-13)22-14-5-3-12(8-19)4-6-14/h3-7,9-11,22H,1-2H3. The van der Waals surface area contributed by atoms with Crippen LogP contribution in [0, 0.1) is 11.3 Å². The minimum absolute atomic E-state index is 0.237. The largest absolute Gasteiger partial charge is 0.480 e. The Morgan fingerprint density at radius 3 is 2.48 bits per heavy atom. The van der Waals surface area contributed by atoms with Gasteiger partial charge in [0.1, 0.15) is 0 Å². The zero-order valence-electron chi connectivity index (χ0n) is 13.7. The van der Waals surface area contributed by atoms with Gasteiger partial charge in [-0.15, -0.1) is 0 Å². The van der Waals surface area contributed by atoms with Crippen molar-refractivity contribution in [3.05, 3.63) is 54.5 Å². The number of hydrogen-bond acceptors (Lipinski definition) is 7. The fourth-order valence-corrected chi connectivity index (χ4v) is 2.25. The van der Waals surface area contributed by atoms with Crippen molar-refractivity contribution in [2.75, 3.05) is 19.5 Å². The summed E-state index contributed by atoms with van der Waals surface area (Å²) in [6, 6.07) is 11.4. The number of nitriles is 1. The lowest BCUT2D eigenvalue weighted by atomic mass is 10.1. The van der Waals surface area contributed by atoms with Crippen LogP contribution in [-0.4, -0.2) is 29.2 Å². The van der Waals surface area contributed by atoms with Crippen molar-refractivity contribution >= 4 is 11.4 Å². The Bertz CT molecular complexity index is 919. The number of benzene rings is 1. The maximum Gasteiger partial charge on any atom is 0.319 e. The number of pyridine rings is 1. The molecule has 3 rings (SSSR count). The molecule has 0 spiro atoms. The molecule has 0 fully saturated rings. The van der Waals surface area contributed by atoms with Crippen molar-refractivity contribution in [3.63, 3.8) is 0 Å². The summed E-state index contributed by atoms with van der Waals surface area (Å²) in [7, 11) is 3.04. The third-order valence-corrected chi connectivity index (χ3v) is 3.46. The van der Waals surface area contributed by atoms with E-state index >= 15 is 0 Å². The fraction of sp³-hybridized carbons (Fsp3) is 0.111. The summed E-state index contributed by atoms with van der Waals surface area (Å²) in [5.41, 5.74) is 3.77. The van der Waals surface area contributed by atoms with Gasteiger partial charge in [0.25, 0.3) is 0 Å². The molecule has 7 heteroatoms. The van der Waals surface area contributed by atoms with Crippen LogP contribution in [0.15, 0.2) is 48.9 Å². The summed E-state index contributed by atoms with van der Waals surface area (Å²) < 4.78 is 10.3. The molecule has 0 saturated carbocycles. The normalized spacial score (nSPS) is 9.96. The number of anilines is 2. The van der Waals surface area contributed by atoms with Crippen LogP contribution in [0.2, 0.25) is 0 Å². The molecule has 25 heavy (non-hydrogen) atoms. The lowest BCUT2D eigenvalue weighted by molar-refractivity contribution is 0.353. The van der Waals surface area contributed by atoms with Crippen LogP contribution < -0.4 is 14.8 Å². The highest BCUT2D eigenvalue weighted by Gasteiger charge is 2.11. The van der Waals surface area contributed by atoms with Crippen LogP contribution in [0.5, 0.6) is 11.9 Å². The van der Waals surface area contributed by atoms with Crippen LogP contribution >= 0.6 is 0 Å². The number of hydrogen-bond donors (Lipinski definition) is 1. The summed E-state index contributed by atoms with van der Waals surface area (Å²) in [4.78, 5) is 12.6. The molecule has 2 heterocycles. The maximum atomic E-state index is 8.85. The van der Waals surface area contributed by atoms with Crippen LogP contribution in [0.25, 0.3) is 11.1 Å². The summed E-state index contributed by atoms with van der Waals surface area (Å²) in [5.74, 6) is 0.407. The SMILES string of the molecule is COc1ncc(-c2cncc(Nc3ccc(C#N)cc3)c2)c(OC)n1. The molecule has 0 saturated heterocycles. The van der Waals surface area contributed by atoms with E-state index in [0.29, 0.717) is 17.0 Å². The smallest absolute Gasteiger partial charge is 0.319 e. The maximum absolute atomic E-state index is 8.85. The van der Waals surface area contributed by atoms with Gasteiger partial charge >= 0.3 is 6.01 Å². The Hall–Kier alpha value is -3.66. The molecule has 3 aromatic rings. The van der Waals surface area contributed by atoms with Crippen LogP contribution in [0.3, 0.4) is 0 Å². The lowest BCUT2D eigenvalue weighted by Crippen LogP contribution is -1.98. The fourth-order valence-electron chi connectivity index (χ4n) is 2.25. The third kappa shape index (κ3) is 3.64. The molecule has 2 aromatic heterocycles. The van der Waals surface area contributed by atoms with Gasteiger partial charge < -0.3 is 14.8 Å². The summed E-state index contributed by atoms with van der Waals surface area (Å²) in [6.07, 6.45) is 5.05. The highest BCUT2D eigenvalue weighted by molar-refractivity contribution is 5.72. The number of rotatable bonds is 5. The first kappa shape index (κ1) is 16.2. The third-order valence-electron chi connectivity index (χ3n) is 3.46. The van der Waals surface area contributed by atoms with Gasteiger partial charge in [0.05, 0.1) is 43.3 Å². The predicted octanol–water partition coefficient (Wildman–Crippen LogP) is 3.17. The van der Waals surface area contributed by atoms with Gasteiger partial charge in [-0.1, -0.05) is 0 Å². The van der Waals surface area contributed by atoms with E-state index in [1.165, 1.54) is 14.2 Å². The molecule has 1 N–H and O–H groups in total. The zero-order valence-corrected chi connectivity index (χ0v) is 13.7. The summed E-state index contributed by atoms with van der Waals surface area (Å²) >= 11 is 0. The predicted molar refractivity (Wildman–Crippen MR) is 92.8 cm³/mol. The molecular formula is C18H15N5O2. The van der Waals surface area contributed by atoms with Crippen molar-refractivity contribution in [1.29, 1.82) is 5.26 Å². The Labute approximate surface area is 144 Å². The number of methoxy groups -OCH3 is 2.